The first-order valence-corrected chi connectivity index (χ1v) is 10.3. The number of nitrogens with zero attached hydrogens (tertiary/aromatic N) is 3. The minimum Gasteiger partial charge on any atom is -0.489 e. The van der Waals surface area contributed by atoms with E-state index in [9.17, 15) is 5.11 Å². The average Bonchev–Trinajstić information content (AvgIpc) is 3.12. The number of aliphatic hydroxyl groups is 1. The van der Waals surface area contributed by atoms with Gasteiger partial charge in [-0.25, -0.2) is 15.0 Å². The molecule has 1 atom stereocenters. The predicted molar refractivity (Wildman–Crippen MR) is 120 cm³/mol. The fourth-order valence-electron chi connectivity index (χ4n) is 3.38. The third kappa shape index (κ3) is 4.56. The van der Waals surface area contributed by atoms with Gasteiger partial charge in [0, 0.05) is 47.6 Å². The molecular formula is C22H24ClN5O3. The maximum absolute atomic E-state index is 9.83. The van der Waals surface area contributed by atoms with Crippen molar-refractivity contribution in [2.75, 3.05) is 44.1 Å². The monoisotopic (exact) mass is 441 g/mol. The minimum absolute atomic E-state index is 0.0370. The van der Waals surface area contributed by atoms with E-state index in [0.717, 1.165) is 16.9 Å². The molecule has 31 heavy (non-hydrogen) atoms. The molecule has 1 unspecified atom stereocenters. The molecule has 8 nitrogen and oxygen atoms in total. The summed E-state index contributed by atoms with van der Waals surface area (Å²) >= 11 is 6.17. The number of ether oxygens (including phenoxy) is 2. The smallest absolute Gasteiger partial charge is 0.227 e. The van der Waals surface area contributed by atoms with Crippen LogP contribution in [0, 0.1) is 0 Å². The van der Waals surface area contributed by atoms with Crippen molar-refractivity contribution in [1.29, 1.82) is 0 Å². The molecule has 0 saturated heterocycles. The summed E-state index contributed by atoms with van der Waals surface area (Å²) in [4.78, 5) is 13.5. The average molecular weight is 442 g/mol. The first-order valence-electron chi connectivity index (χ1n) is 9.89. The molecule has 2 aromatic heterocycles. The van der Waals surface area contributed by atoms with Crippen molar-refractivity contribution in [3.8, 4) is 17.0 Å². The van der Waals surface area contributed by atoms with Crippen LogP contribution in [-0.4, -0.2) is 53.5 Å². The van der Waals surface area contributed by atoms with E-state index in [1.54, 1.807) is 37.7 Å². The number of methoxy groups -OCH3 is 1. The van der Waals surface area contributed by atoms with Crippen molar-refractivity contribution in [2.24, 2.45) is 0 Å². The highest BCUT2D eigenvalue weighted by atomic mass is 35.5. The summed E-state index contributed by atoms with van der Waals surface area (Å²) in [6.45, 7) is 3.57. The third-order valence-electron chi connectivity index (χ3n) is 5.22. The Morgan fingerprint density at radius 1 is 1.23 bits per heavy atom. The Balaban J connectivity index is 1.61. The summed E-state index contributed by atoms with van der Waals surface area (Å²) in [6, 6.07) is 9.14. The van der Waals surface area contributed by atoms with Crippen LogP contribution in [0.3, 0.4) is 0 Å². The Bertz CT molecular complexity index is 1080. The van der Waals surface area contributed by atoms with E-state index in [0.29, 0.717) is 47.9 Å². The zero-order chi connectivity index (χ0) is 21.8. The minimum atomic E-state index is -0.373. The first kappa shape index (κ1) is 21.3. The van der Waals surface area contributed by atoms with Crippen LogP contribution in [0.5, 0.6) is 5.75 Å². The van der Waals surface area contributed by atoms with Crippen LogP contribution in [0.2, 0.25) is 5.02 Å². The van der Waals surface area contributed by atoms with Gasteiger partial charge in [-0.15, -0.1) is 0 Å². The summed E-state index contributed by atoms with van der Waals surface area (Å²) in [5.74, 6) is 1.82. The zero-order valence-corrected chi connectivity index (χ0v) is 18.1. The van der Waals surface area contributed by atoms with Crippen molar-refractivity contribution in [1.82, 2.24) is 15.0 Å². The van der Waals surface area contributed by atoms with Gasteiger partial charge in [0.2, 0.25) is 5.95 Å². The second-order valence-electron chi connectivity index (χ2n) is 7.56. The van der Waals surface area contributed by atoms with Crippen molar-refractivity contribution in [3.63, 3.8) is 0 Å². The van der Waals surface area contributed by atoms with Gasteiger partial charge in [0.25, 0.3) is 0 Å². The summed E-state index contributed by atoms with van der Waals surface area (Å²) in [7, 11) is 1.62. The van der Waals surface area contributed by atoms with Crippen molar-refractivity contribution < 1.29 is 14.6 Å². The van der Waals surface area contributed by atoms with Crippen molar-refractivity contribution in [3.05, 3.63) is 53.3 Å². The molecule has 0 fully saturated rings. The van der Waals surface area contributed by atoms with Crippen LogP contribution in [0.4, 0.5) is 17.5 Å². The number of rotatable bonds is 8. The van der Waals surface area contributed by atoms with Crippen LogP contribution in [-0.2, 0) is 10.2 Å². The van der Waals surface area contributed by atoms with Gasteiger partial charge in [-0.2, -0.15) is 0 Å². The van der Waals surface area contributed by atoms with Crippen LogP contribution in [0.15, 0.2) is 42.7 Å². The largest absolute Gasteiger partial charge is 0.489 e. The predicted octanol–water partition coefficient (Wildman–Crippen LogP) is 3.64. The number of benzene rings is 1. The molecule has 3 N–H and O–H groups in total. The summed E-state index contributed by atoms with van der Waals surface area (Å²) < 4.78 is 10.8. The number of anilines is 3. The molecule has 4 rings (SSSR count). The molecule has 3 aromatic rings. The van der Waals surface area contributed by atoms with E-state index in [-0.39, 0.29) is 12.0 Å². The Morgan fingerprint density at radius 2 is 2.10 bits per heavy atom. The molecule has 0 radical (unpaired) electrons. The van der Waals surface area contributed by atoms with E-state index in [4.69, 9.17) is 21.1 Å². The molecule has 162 valence electrons. The SMILES string of the molecule is COCCOc1ccc(Cl)cc1Nc1nccc(-c2cnc3c(c2)C(C)(CO)CN3)n1. The molecule has 9 heteroatoms. The lowest BCUT2D eigenvalue weighted by molar-refractivity contribution is 0.146. The highest BCUT2D eigenvalue weighted by molar-refractivity contribution is 6.31. The topological polar surface area (TPSA) is 101 Å². The fourth-order valence-corrected chi connectivity index (χ4v) is 3.55. The lowest BCUT2D eigenvalue weighted by atomic mass is 9.85. The fraction of sp³-hybridized carbons (Fsp3) is 0.318. The number of aromatic nitrogens is 3. The number of fused-ring (bicyclic) bond motifs is 1. The van der Waals surface area contributed by atoms with E-state index in [1.807, 2.05) is 19.1 Å². The molecule has 0 spiro atoms. The lowest BCUT2D eigenvalue weighted by Crippen LogP contribution is -2.28. The highest BCUT2D eigenvalue weighted by Crippen LogP contribution is 2.37. The van der Waals surface area contributed by atoms with E-state index in [2.05, 4.69) is 25.6 Å². The van der Waals surface area contributed by atoms with Crippen LogP contribution in [0.1, 0.15) is 12.5 Å². The first-order chi connectivity index (χ1) is 15.0. The van der Waals surface area contributed by atoms with Crippen molar-refractivity contribution >= 4 is 29.1 Å². The second-order valence-corrected chi connectivity index (χ2v) is 8.00. The van der Waals surface area contributed by atoms with Gasteiger partial charge in [-0.3, -0.25) is 0 Å². The number of hydrogen-bond donors (Lipinski definition) is 3. The van der Waals surface area contributed by atoms with Crippen LogP contribution >= 0.6 is 11.6 Å². The van der Waals surface area contributed by atoms with Gasteiger partial charge in [0.1, 0.15) is 18.2 Å². The van der Waals surface area contributed by atoms with E-state index in [1.165, 1.54) is 0 Å². The number of pyridine rings is 1. The Morgan fingerprint density at radius 3 is 2.90 bits per heavy atom. The maximum Gasteiger partial charge on any atom is 0.227 e. The number of halogens is 1. The molecule has 1 aromatic carbocycles. The van der Waals surface area contributed by atoms with Gasteiger partial charge in [-0.1, -0.05) is 18.5 Å². The Kier molecular flexibility index (Phi) is 6.22. The summed E-state index contributed by atoms with van der Waals surface area (Å²) in [5, 5.41) is 16.8. The number of hydrogen-bond acceptors (Lipinski definition) is 8. The molecular weight excluding hydrogens is 418 g/mol. The summed E-state index contributed by atoms with van der Waals surface area (Å²) in [5.41, 5.74) is 2.81. The zero-order valence-electron chi connectivity index (χ0n) is 17.4. The van der Waals surface area contributed by atoms with Gasteiger partial charge in [0.15, 0.2) is 0 Å². The number of nitrogens with one attached hydrogen (secondary N) is 2. The van der Waals surface area contributed by atoms with Crippen molar-refractivity contribution in [2.45, 2.75) is 12.3 Å². The molecule has 1 aliphatic heterocycles. The molecule has 0 saturated carbocycles. The summed E-state index contributed by atoms with van der Waals surface area (Å²) in [6.07, 6.45) is 3.44. The van der Waals surface area contributed by atoms with Gasteiger partial charge in [-0.05, 0) is 30.3 Å². The lowest BCUT2D eigenvalue weighted by Gasteiger charge is -2.20. The molecule has 0 aliphatic carbocycles. The normalized spacial score (nSPS) is 17.2. The quantitative estimate of drug-likeness (QED) is 0.455. The number of aliphatic hydroxyl groups excluding tert-OH is 1. The van der Waals surface area contributed by atoms with Crippen LogP contribution < -0.4 is 15.4 Å². The standard InChI is InChI=1S/C22H24ClN5O3/c1-22(13-29)12-26-20-16(22)9-14(11-25-20)17-5-6-24-21(27-17)28-18-10-15(23)3-4-19(18)31-8-7-30-2/h3-6,9-11,29H,7-8,12-13H2,1-2H3,(H,25,26)(H,24,27,28). The molecule has 0 amide bonds. The van der Waals surface area contributed by atoms with Gasteiger partial charge >= 0.3 is 0 Å². The van der Waals surface area contributed by atoms with Crippen LogP contribution in [0.25, 0.3) is 11.3 Å². The van der Waals surface area contributed by atoms with E-state index >= 15 is 0 Å². The molecule has 1 aliphatic rings. The van der Waals surface area contributed by atoms with E-state index < -0.39 is 0 Å². The Hall–Kier alpha value is -2.94. The molecule has 0 bridgehead atoms. The third-order valence-corrected chi connectivity index (χ3v) is 5.45. The maximum atomic E-state index is 9.83. The second kappa shape index (κ2) is 9.05. The van der Waals surface area contributed by atoms with Gasteiger partial charge < -0.3 is 25.2 Å². The Labute approximate surface area is 185 Å². The van der Waals surface area contributed by atoms with Gasteiger partial charge in [0.05, 0.1) is 24.6 Å². The molecule has 3 heterocycles. The highest BCUT2D eigenvalue weighted by Gasteiger charge is 2.35.